The van der Waals surface area contributed by atoms with Crippen LogP contribution in [0, 0.1) is 17.5 Å². The zero-order chi connectivity index (χ0) is 10.0. The van der Waals surface area contributed by atoms with Gasteiger partial charge in [0.15, 0.2) is 23.2 Å². The number of hydrogen-bond acceptors (Lipinski definition) is 2. The average Bonchev–Trinajstić information content (AvgIpc) is 1.99. The van der Waals surface area contributed by atoms with Crippen LogP contribution in [0.2, 0.25) is 0 Å². The van der Waals surface area contributed by atoms with Crippen molar-refractivity contribution in [2.45, 2.75) is 6.92 Å². The molecule has 6 heteroatoms. The SMILES string of the molecule is CC(=O)Oc1cc(F)c(F)cc1F.[NaH]. The van der Waals surface area contributed by atoms with Gasteiger partial charge < -0.3 is 4.74 Å². The summed E-state index contributed by atoms with van der Waals surface area (Å²) in [6, 6.07) is 0.791. The van der Waals surface area contributed by atoms with Gasteiger partial charge >= 0.3 is 35.5 Å². The summed E-state index contributed by atoms with van der Waals surface area (Å²) in [4.78, 5) is 10.4. The zero-order valence-electron chi connectivity index (χ0n) is 6.61. The molecule has 0 unspecified atom stereocenters. The van der Waals surface area contributed by atoms with Crippen molar-refractivity contribution in [2.24, 2.45) is 0 Å². The summed E-state index contributed by atoms with van der Waals surface area (Å²) < 4.78 is 41.8. The molecular weight excluding hydrogens is 208 g/mol. The van der Waals surface area contributed by atoms with Crippen LogP contribution >= 0.6 is 0 Å². The standard InChI is InChI=1S/C8H5F3O2.Na.H/c1-4(12)13-8-3-6(10)5(9)2-7(8)11;;/h2-3H,1H3;;. The molecule has 0 heterocycles. The molecule has 72 valence electrons. The van der Waals surface area contributed by atoms with Crippen molar-refractivity contribution < 1.29 is 22.7 Å². The molecule has 0 saturated carbocycles. The van der Waals surface area contributed by atoms with Crippen LogP contribution in [0.4, 0.5) is 13.2 Å². The van der Waals surface area contributed by atoms with Crippen LogP contribution in [0.5, 0.6) is 5.75 Å². The van der Waals surface area contributed by atoms with E-state index < -0.39 is 29.2 Å². The first kappa shape index (κ1) is 13.5. The number of carbonyl (C=O) groups is 1. The van der Waals surface area contributed by atoms with Crippen molar-refractivity contribution >= 4 is 35.5 Å². The number of esters is 1. The number of halogens is 3. The Hall–Kier alpha value is -0.520. The topological polar surface area (TPSA) is 26.3 Å². The van der Waals surface area contributed by atoms with Crippen molar-refractivity contribution in [3.63, 3.8) is 0 Å². The van der Waals surface area contributed by atoms with E-state index >= 15 is 0 Å². The van der Waals surface area contributed by atoms with Crippen LogP contribution in [0.15, 0.2) is 12.1 Å². The summed E-state index contributed by atoms with van der Waals surface area (Å²) in [5.74, 6) is -5.13. The Morgan fingerprint density at radius 2 is 1.64 bits per heavy atom. The fourth-order valence-electron chi connectivity index (χ4n) is 0.737. The van der Waals surface area contributed by atoms with Crippen LogP contribution in [-0.4, -0.2) is 35.5 Å². The van der Waals surface area contributed by atoms with Gasteiger partial charge in [-0.25, -0.2) is 13.2 Å². The van der Waals surface area contributed by atoms with Gasteiger partial charge in [-0.05, 0) is 0 Å². The summed E-state index contributed by atoms with van der Waals surface area (Å²) in [5.41, 5.74) is 0. The van der Waals surface area contributed by atoms with Crippen molar-refractivity contribution in [2.75, 3.05) is 0 Å². The van der Waals surface area contributed by atoms with E-state index in [0.717, 1.165) is 6.92 Å². The predicted molar refractivity (Wildman–Crippen MR) is 44.8 cm³/mol. The van der Waals surface area contributed by atoms with E-state index in [4.69, 9.17) is 0 Å². The molecular formula is C8H6F3NaO2. The third-order valence-corrected chi connectivity index (χ3v) is 1.23. The molecule has 0 saturated heterocycles. The molecule has 0 aliphatic heterocycles. The van der Waals surface area contributed by atoms with E-state index in [9.17, 15) is 18.0 Å². The van der Waals surface area contributed by atoms with E-state index in [1.165, 1.54) is 0 Å². The summed E-state index contributed by atoms with van der Waals surface area (Å²) in [5, 5.41) is 0. The number of carbonyl (C=O) groups excluding carboxylic acids is 1. The normalized spacial score (nSPS) is 9.14. The van der Waals surface area contributed by atoms with Crippen LogP contribution in [0.3, 0.4) is 0 Å². The average molecular weight is 214 g/mol. The molecule has 0 radical (unpaired) electrons. The third kappa shape index (κ3) is 3.32. The van der Waals surface area contributed by atoms with Crippen molar-refractivity contribution in [3.05, 3.63) is 29.6 Å². The molecule has 0 fully saturated rings. The van der Waals surface area contributed by atoms with E-state index in [-0.39, 0.29) is 29.6 Å². The van der Waals surface area contributed by atoms with Gasteiger partial charge in [0.1, 0.15) is 0 Å². The molecule has 0 atom stereocenters. The van der Waals surface area contributed by atoms with Gasteiger partial charge in [0, 0.05) is 19.1 Å². The van der Waals surface area contributed by atoms with E-state index in [0.29, 0.717) is 12.1 Å². The molecule has 0 amide bonds. The maximum atomic E-state index is 12.7. The minimum absolute atomic E-state index is 0. The second kappa shape index (κ2) is 5.38. The van der Waals surface area contributed by atoms with Crippen LogP contribution < -0.4 is 4.74 Å². The zero-order valence-corrected chi connectivity index (χ0v) is 6.61. The molecule has 1 rings (SSSR count). The van der Waals surface area contributed by atoms with Gasteiger partial charge in [-0.15, -0.1) is 0 Å². The molecule has 0 bridgehead atoms. The van der Waals surface area contributed by atoms with Crippen LogP contribution in [0.1, 0.15) is 6.92 Å². The van der Waals surface area contributed by atoms with E-state index in [2.05, 4.69) is 4.74 Å². The molecule has 0 spiro atoms. The van der Waals surface area contributed by atoms with E-state index in [1.807, 2.05) is 0 Å². The first-order chi connectivity index (χ1) is 6.00. The Morgan fingerprint density at radius 3 is 2.14 bits per heavy atom. The van der Waals surface area contributed by atoms with Crippen molar-refractivity contribution in [3.8, 4) is 5.75 Å². The van der Waals surface area contributed by atoms with Gasteiger partial charge in [-0.2, -0.15) is 0 Å². The minimum atomic E-state index is -1.33. The molecule has 0 N–H and O–H groups in total. The Morgan fingerprint density at radius 1 is 1.14 bits per heavy atom. The molecule has 2 nitrogen and oxygen atoms in total. The Bertz CT molecular complexity index is 355. The summed E-state index contributed by atoms with van der Waals surface area (Å²) in [6.45, 7) is 1.03. The number of rotatable bonds is 1. The summed E-state index contributed by atoms with van der Waals surface area (Å²) >= 11 is 0. The summed E-state index contributed by atoms with van der Waals surface area (Å²) in [6.07, 6.45) is 0. The Kier molecular flexibility index (Phi) is 5.18. The Balaban J connectivity index is 0.00000169. The van der Waals surface area contributed by atoms with Crippen molar-refractivity contribution in [1.82, 2.24) is 0 Å². The number of hydrogen-bond donors (Lipinski definition) is 0. The fourth-order valence-corrected chi connectivity index (χ4v) is 0.737. The first-order valence-corrected chi connectivity index (χ1v) is 3.33. The molecule has 1 aromatic rings. The first-order valence-electron chi connectivity index (χ1n) is 3.33. The summed E-state index contributed by atoms with van der Waals surface area (Å²) in [7, 11) is 0. The monoisotopic (exact) mass is 214 g/mol. The Labute approximate surface area is 100 Å². The molecule has 0 aliphatic rings. The van der Waals surface area contributed by atoms with Gasteiger partial charge in [-0.1, -0.05) is 0 Å². The number of ether oxygens (including phenoxy) is 1. The molecule has 14 heavy (non-hydrogen) atoms. The van der Waals surface area contributed by atoms with Crippen LogP contribution in [-0.2, 0) is 4.79 Å². The second-order valence-electron chi connectivity index (χ2n) is 2.29. The molecule has 1 aromatic carbocycles. The third-order valence-electron chi connectivity index (χ3n) is 1.23. The quantitative estimate of drug-likeness (QED) is 0.305. The molecule has 0 aromatic heterocycles. The van der Waals surface area contributed by atoms with Gasteiger partial charge in [0.25, 0.3) is 0 Å². The number of benzene rings is 1. The van der Waals surface area contributed by atoms with Gasteiger partial charge in [-0.3, -0.25) is 4.79 Å². The van der Waals surface area contributed by atoms with E-state index in [1.54, 1.807) is 0 Å². The second-order valence-corrected chi connectivity index (χ2v) is 2.29. The van der Waals surface area contributed by atoms with Crippen molar-refractivity contribution in [1.29, 1.82) is 0 Å². The fraction of sp³-hybridized carbons (Fsp3) is 0.125. The van der Waals surface area contributed by atoms with Crippen LogP contribution in [0.25, 0.3) is 0 Å². The predicted octanol–water partition coefficient (Wildman–Crippen LogP) is 1.38. The molecule has 0 aliphatic carbocycles. The van der Waals surface area contributed by atoms with Gasteiger partial charge in [0.05, 0.1) is 0 Å². The maximum absolute atomic E-state index is 12.7. The van der Waals surface area contributed by atoms with Gasteiger partial charge in [0.2, 0.25) is 0 Å².